The van der Waals surface area contributed by atoms with E-state index in [0.29, 0.717) is 23.8 Å². The Balaban J connectivity index is 2.56. The van der Waals surface area contributed by atoms with Crippen molar-refractivity contribution in [1.29, 1.82) is 5.41 Å². The van der Waals surface area contributed by atoms with Crippen molar-refractivity contribution in [2.24, 2.45) is 5.73 Å². The summed E-state index contributed by atoms with van der Waals surface area (Å²) in [5.41, 5.74) is 5.88. The van der Waals surface area contributed by atoms with Crippen molar-refractivity contribution in [3.63, 3.8) is 0 Å². The lowest BCUT2D eigenvalue weighted by Crippen LogP contribution is -2.58. The van der Waals surface area contributed by atoms with Crippen LogP contribution in [0.1, 0.15) is 39.0 Å². The van der Waals surface area contributed by atoms with E-state index >= 15 is 0 Å². The van der Waals surface area contributed by atoms with Crippen LogP contribution < -0.4 is 5.73 Å². The fourth-order valence-electron chi connectivity index (χ4n) is 2.79. The molecule has 0 aromatic carbocycles. The van der Waals surface area contributed by atoms with Crippen LogP contribution >= 0.6 is 0 Å². The van der Waals surface area contributed by atoms with Gasteiger partial charge in [-0.05, 0) is 46.8 Å². The van der Waals surface area contributed by atoms with E-state index in [1.807, 2.05) is 0 Å². The maximum absolute atomic E-state index is 7.44. The normalized spacial score (nSPS) is 20.4. The van der Waals surface area contributed by atoms with Crippen LogP contribution in [0.25, 0.3) is 0 Å². The second kappa shape index (κ2) is 5.83. The lowest BCUT2D eigenvalue weighted by molar-refractivity contribution is 0.0163. The van der Waals surface area contributed by atoms with Gasteiger partial charge in [-0.25, -0.2) is 0 Å². The van der Waals surface area contributed by atoms with E-state index in [9.17, 15) is 0 Å². The number of rotatable bonds is 7. The molecular formula is C13H28N4. The molecule has 4 heteroatoms. The average molecular weight is 240 g/mol. The van der Waals surface area contributed by atoms with Gasteiger partial charge in [-0.1, -0.05) is 6.92 Å². The Labute approximate surface area is 106 Å². The minimum absolute atomic E-state index is 0.302. The monoisotopic (exact) mass is 240 g/mol. The Morgan fingerprint density at radius 2 is 1.94 bits per heavy atom. The summed E-state index contributed by atoms with van der Waals surface area (Å²) in [5, 5.41) is 7.44. The van der Waals surface area contributed by atoms with Gasteiger partial charge in [-0.2, -0.15) is 0 Å². The van der Waals surface area contributed by atoms with Gasteiger partial charge in [0.25, 0.3) is 0 Å². The van der Waals surface area contributed by atoms with Crippen molar-refractivity contribution >= 4 is 5.84 Å². The van der Waals surface area contributed by atoms with Crippen molar-refractivity contribution in [2.75, 3.05) is 27.7 Å². The molecule has 1 saturated carbocycles. The first-order valence-electron chi connectivity index (χ1n) is 6.62. The predicted molar refractivity (Wildman–Crippen MR) is 73.5 cm³/mol. The third kappa shape index (κ3) is 3.42. The average Bonchev–Trinajstić information content (AvgIpc) is 2.18. The minimum atomic E-state index is 0.302. The highest BCUT2D eigenvalue weighted by atomic mass is 15.2. The van der Waals surface area contributed by atoms with E-state index in [-0.39, 0.29) is 0 Å². The molecule has 0 aromatic rings. The van der Waals surface area contributed by atoms with Gasteiger partial charge in [0, 0.05) is 24.5 Å². The number of nitrogens with two attached hydrogens (primary N) is 1. The summed E-state index contributed by atoms with van der Waals surface area (Å²) >= 11 is 0. The van der Waals surface area contributed by atoms with Gasteiger partial charge in [0.15, 0.2) is 0 Å². The maximum Gasteiger partial charge on any atom is 0.0921 e. The van der Waals surface area contributed by atoms with Crippen LogP contribution in [0.15, 0.2) is 0 Å². The standard InChI is InChI=1S/C13H28N4/c1-5-11(9-12(14)15)17(4)10-13(16(2)3)7-6-8-13/h11H,5-10H2,1-4H3,(H3,14,15). The quantitative estimate of drug-likeness (QED) is 0.524. The Morgan fingerprint density at radius 3 is 2.24 bits per heavy atom. The molecule has 1 atom stereocenters. The molecule has 1 aliphatic carbocycles. The highest BCUT2D eigenvalue weighted by molar-refractivity contribution is 5.77. The van der Waals surface area contributed by atoms with E-state index in [4.69, 9.17) is 11.1 Å². The van der Waals surface area contributed by atoms with E-state index in [0.717, 1.165) is 13.0 Å². The zero-order valence-electron chi connectivity index (χ0n) is 11.8. The molecule has 1 unspecified atom stereocenters. The second-order valence-electron chi connectivity index (χ2n) is 5.68. The zero-order valence-corrected chi connectivity index (χ0v) is 11.8. The van der Waals surface area contributed by atoms with Gasteiger partial charge in [-0.3, -0.25) is 5.41 Å². The maximum atomic E-state index is 7.44. The predicted octanol–water partition coefficient (Wildman–Crippen LogP) is 1.51. The van der Waals surface area contributed by atoms with Gasteiger partial charge < -0.3 is 15.5 Å². The Morgan fingerprint density at radius 1 is 1.35 bits per heavy atom. The summed E-state index contributed by atoms with van der Waals surface area (Å²) in [4.78, 5) is 4.76. The lowest BCUT2D eigenvalue weighted by atomic mass is 9.75. The van der Waals surface area contributed by atoms with Crippen LogP contribution in [0.4, 0.5) is 0 Å². The fraction of sp³-hybridized carbons (Fsp3) is 0.923. The fourth-order valence-corrected chi connectivity index (χ4v) is 2.79. The summed E-state index contributed by atoms with van der Waals surface area (Å²) < 4.78 is 0. The molecule has 3 N–H and O–H groups in total. The smallest absolute Gasteiger partial charge is 0.0921 e. The molecule has 4 nitrogen and oxygen atoms in total. The molecule has 0 spiro atoms. The van der Waals surface area contributed by atoms with Gasteiger partial charge in [0.2, 0.25) is 0 Å². The topological polar surface area (TPSA) is 56.4 Å². The van der Waals surface area contributed by atoms with Crippen molar-refractivity contribution in [2.45, 2.75) is 50.6 Å². The van der Waals surface area contributed by atoms with Crippen LogP contribution in [-0.4, -0.2) is 54.9 Å². The molecule has 1 rings (SSSR count). The number of likely N-dealkylation sites (N-methyl/N-ethyl adjacent to an activating group) is 2. The molecule has 0 aliphatic heterocycles. The van der Waals surface area contributed by atoms with Gasteiger partial charge in [-0.15, -0.1) is 0 Å². The van der Waals surface area contributed by atoms with E-state index in [1.54, 1.807) is 0 Å². The van der Waals surface area contributed by atoms with Gasteiger partial charge in [0.05, 0.1) is 5.84 Å². The molecule has 1 aliphatic rings. The van der Waals surface area contributed by atoms with Crippen LogP contribution in [0, 0.1) is 5.41 Å². The van der Waals surface area contributed by atoms with Gasteiger partial charge in [0.1, 0.15) is 0 Å². The SMILES string of the molecule is CCC(CC(=N)N)N(C)CC1(N(C)C)CCC1. The second-order valence-corrected chi connectivity index (χ2v) is 5.68. The lowest BCUT2D eigenvalue weighted by Gasteiger charge is -2.50. The molecule has 1 fully saturated rings. The van der Waals surface area contributed by atoms with E-state index in [1.165, 1.54) is 19.3 Å². The molecule has 0 heterocycles. The Bertz CT molecular complexity index is 258. The van der Waals surface area contributed by atoms with E-state index in [2.05, 4.69) is 37.9 Å². The Hall–Kier alpha value is -0.610. The number of hydrogen-bond donors (Lipinski definition) is 2. The summed E-state index contributed by atoms with van der Waals surface area (Å²) in [6.45, 7) is 3.26. The summed E-state index contributed by atoms with van der Waals surface area (Å²) in [6, 6.07) is 0.407. The zero-order chi connectivity index (χ0) is 13.1. The van der Waals surface area contributed by atoms with Crippen molar-refractivity contribution in [1.82, 2.24) is 9.80 Å². The summed E-state index contributed by atoms with van der Waals surface area (Å²) in [7, 11) is 6.53. The number of nitrogens with zero attached hydrogens (tertiary/aromatic N) is 2. The molecule has 100 valence electrons. The van der Waals surface area contributed by atoms with Crippen LogP contribution in [0.3, 0.4) is 0 Å². The largest absolute Gasteiger partial charge is 0.388 e. The molecular weight excluding hydrogens is 212 g/mol. The highest BCUT2D eigenvalue weighted by Crippen LogP contribution is 2.37. The highest BCUT2D eigenvalue weighted by Gasteiger charge is 2.40. The molecule has 0 amide bonds. The third-order valence-electron chi connectivity index (χ3n) is 4.33. The van der Waals surface area contributed by atoms with Crippen molar-refractivity contribution in [3.8, 4) is 0 Å². The molecule has 0 saturated heterocycles. The first-order chi connectivity index (χ1) is 7.91. The first-order valence-corrected chi connectivity index (χ1v) is 6.62. The van der Waals surface area contributed by atoms with Crippen LogP contribution in [0.2, 0.25) is 0 Å². The third-order valence-corrected chi connectivity index (χ3v) is 4.33. The Kier molecular flexibility index (Phi) is 4.95. The van der Waals surface area contributed by atoms with E-state index < -0.39 is 0 Å². The number of amidine groups is 1. The summed E-state index contributed by atoms with van der Waals surface area (Å²) in [6.07, 6.45) is 5.67. The molecule has 0 radical (unpaired) electrons. The van der Waals surface area contributed by atoms with Gasteiger partial charge >= 0.3 is 0 Å². The minimum Gasteiger partial charge on any atom is -0.388 e. The van der Waals surface area contributed by atoms with Crippen LogP contribution in [-0.2, 0) is 0 Å². The van der Waals surface area contributed by atoms with Crippen molar-refractivity contribution in [3.05, 3.63) is 0 Å². The molecule has 0 aromatic heterocycles. The number of hydrogen-bond acceptors (Lipinski definition) is 3. The first kappa shape index (κ1) is 14.5. The van der Waals surface area contributed by atoms with Crippen LogP contribution in [0.5, 0.6) is 0 Å². The number of nitrogens with one attached hydrogen (secondary N) is 1. The molecule has 17 heavy (non-hydrogen) atoms. The summed E-state index contributed by atoms with van der Waals surface area (Å²) in [5.74, 6) is 0.302. The van der Waals surface area contributed by atoms with Crippen molar-refractivity contribution < 1.29 is 0 Å². The molecule has 0 bridgehead atoms.